The Morgan fingerprint density at radius 1 is 1.41 bits per heavy atom. The first kappa shape index (κ1) is 15.6. The van der Waals surface area contributed by atoms with Crippen molar-refractivity contribution in [3.05, 3.63) is 0 Å². The number of amides is 1. The van der Waals surface area contributed by atoms with E-state index in [1.165, 1.54) is 11.6 Å². The van der Waals surface area contributed by atoms with Crippen LogP contribution in [0.15, 0.2) is 0 Å². The lowest BCUT2D eigenvalue weighted by molar-refractivity contribution is -0.143. The Kier molecular flexibility index (Phi) is 6.46. The number of rotatable bonds is 6. The van der Waals surface area contributed by atoms with Crippen LogP contribution in [0.2, 0.25) is 0 Å². The Morgan fingerprint density at radius 3 is 2.41 bits per heavy atom. The molecule has 0 saturated carbocycles. The number of aliphatic hydroxyl groups excluding tert-OH is 1. The molecule has 0 spiro atoms. The van der Waals surface area contributed by atoms with Gasteiger partial charge in [0.15, 0.2) is 0 Å². The molecular formula is C7H14N2O7S. The summed E-state index contributed by atoms with van der Waals surface area (Å²) in [4.78, 5) is 21.8. The first-order chi connectivity index (χ1) is 7.86. The van der Waals surface area contributed by atoms with Gasteiger partial charge >= 0.3 is 22.3 Å². The van der Waals surface area contributed by atoms with Crippen molar-refractivity contribution in [3.8, 4) is 0 Å². The molecule has 0 fully saturated rings. The quantitative estimate of drug-likeness (QED) is 0.480. The van der Waals surface area contributed by atoms with Gasteiger partial charge in [0.25, 0.3) is 0 Å². The van der Waals surface area contributed by atoms with Gasteiger partial charge in [0.2, 0.25) is 0 Å². The van der Waals surface area contributed by atoms with E-state index < -0.39 is 34.9 Å². The maximum atomic E-state index is 11.3. The molecule has 1 atom stereocenters. The first-order valence-corrected chi connectivity index (χ1v) is 6.00. The fraction of sp³-hybridized carbons (Fsp3) is 0.714. The monoisotopic (exact) mass is 270 g/mol. The number of aliphatic hydroxyl groups is 1. The molecule has 0 aromatic heterocycles. The van der Waals surface area contributed by atoms with Crippen LogP contribution >= 0.6 is 0 Å². The number of hydrogen-bond acceptors (Lipinski definition) is 7. The van der Waals surface area contributed by atoms with Crippen LogP contribution in [0.3, 0.4) is 0 Å². The molecule has 3 N–H and O–H groups in total. The van der Waals surface area contributed by atoms with E-state index >= 15 is 0 Å². The molecule has 1 unspecified atom stereocenters. The number of hydrogen-bond donors (Lipinski definition) is 3. The van der Waals surface area contributed by atoms with Crippen LogP contribution in [0.1, 0.15) is 6.92 Å². The second-order valence-corrected chi connectivity index (χ2v) is 4.15. The summed E-state index contributed by atoms with van der Waals surface area (Å²) in [7, 11) is -3.28. The molecule has 9 nitrogen and oxygen atoms in total. The van der Waals surface area contributed by atoms with Gasteiger partial charge in [0, 0.05) is 0 Å². The largest absolute Gasteiger partial charge is 0.468 e. The van der Waals surface area contributed by atoms with Crippen LogP contribution in [-0.2, 0) is 24.5 Å². The lowest BCUT2D eigenvalue weighted by Gasteiger charge is -2.14. The minimum Gasteiger partial charge on any atom is -0.468 e. The van der Waals surface area contributed by atoms with Gasteiger partial charge in [0.1, 0.15) is 6.04 Å². The van der Waals surface area contributed by atoms with Gasteiger partial charge in [-0.25, -0.2) is 9.52 Å². The van der Waals surface area contributed by atoms with E-state index in [0.717, 1.165) is 7.11 Å². The molecule has 0 aliphatic rings. The van der Waals surface area contributed by atoms with E-state index in [-0.39, 0.29) is 6.61 Å². The Labute approximate surface area is 98.3 Å². The molecule has 0 aliphatic carbocycles. The van der Waals surface area contributed by atoms with Crippen molar-refractivity contribution < 1.29 is 32.6 Å². The molecule has 17 heavy (non-hydrogen) atoms. The van der Waals surface area contributed by atoms with Crippen LogP contribution in [0.25, 0.3) is 0 Å². The molecule has 0 aromatic carbocycles. The van der Waals surface area contributed by atoms with Gasteiger partial charge in [-0.3, -0.25) is 4.79 Å². The number of carbonyl (C=O) groups is 2. The summed E-state index contributed by atoms with van der Waals surface area (Å²) in [5.41, 5.74) is 0. The van der Waals surface area contributed by atoms with E-state index in [1.807, 2.05) is 0 Å². The van der Waals surface area contributed by atoms with Crippen molar-refractivity contribution in [1.82, 2.24) is 9.44 Å². The maximum absolute atomic E-state index is 11.3. The molecule has 0 aliphatic heterocycles. The molecule has 0 radical (unpaired) electrons. The lowest BCUT2D eigenvalue weighted by Crippen LogP contribution is -2.50. The predicted octanol–water partition coefficient (Wildman–Crippen LogP) is -1.90. The SMILES string of the molecule is CCOC(=O)NS(=O)(=O)NC(CO)C(=O)OC. The Balaban J connectivity index is 4.52. The third-order valence-corrected chi connectivity index (χ3v) is 2.49. The third kappa shape index (κ3) is 6.04. The average molecular weight is 270 g/mol. The fourth-order valence-electron chi connectivity index (χ4n) is 0.789. The zero-order valence-corrected chi connectivity index (χ0v) is 10.1. The second kappa shape index (κ2) is 7.04. The van der Waals surface area contributed by atoms with Crippen LogP contribution in [-0.4, -0.2) is 52.0 Å². The minimum atomic E-state index is -4.30. The van der Waals surface area contributed by atoms with E-state index in [9.17, 15) is 18.0 Å². The van der Waals surface area contributed by atoms with Crippen LogP contribution in [0, 0.1) is 0 Å². The van der Waals surface area contributed by atoms with Gasteiger partial charge in [0.05, 0.1) is 20.3 Å². The normalized spacial score (nSPS) is 12.6. The Hall–Kier alpha value is -1.39. The molecule has 100 valence electrons. The number of carbonyl (C=O) groups excluding carboxylic acids is 2. The highest BCUT2D eigenvalue weighted by atomic mass is 32.2. The summed E-state index contributed by atoms with van der Waals surface area (Å²) in [6, 6.07) is -1.49. The Morgan fingerprint density at radius 2 is 2.00 bits per heavy atom. The van der Waals surface area contributed by atoms with Gasteiger partial charge in [-0.05, 0) is 6.92 Å². The predicted molar refractivity (Wildman–Crippen MR) is 55.1 cm³/mol. The van der Waals surface area contributed by atoms with Gasteiger partial charge < -0.3 is 14.6 Å². The number of nitrogens with one attached hydrogen (secondary N) is 2. The zero-order chi connectivity index (χ0) is 13.5. The smallest absolute Gasteiger partial charge is 0.421 e. The van der Waals surface area contributed by atoms with Crippen molar-refractivity contribution >= 4 is 22.3 Å². The van der Waals surface area contributed by atoms with Crippen molar-refractivity contribution in [3.63, 3.8) is 0 Å². The number of ether oxygens (including phenoxy) is 2. The number of esters is 1. The van der Waals surface area contributed by atoms with Crippen molar-refractivity contribution in [2.45, 2.75) is 13.0 Å². The van der Waals surface area contributed by atoms with Crippen LogP contribution < -0.4 is 9.44 Å². The zero-order valence-electron chi connectivity index (χ0n) is 9.30. The maximum Gasteiger partial charge on any atom is 0.421 e. The van der Waals surface area contributed by atoms with E-state index in [0.29, 0.717) is 0 Å². The standard InChI is InChI=1S/C7H14N2O7S/c1-3-16-7(12)9-17(13,14)8-5(4-10)6(11)15-2/h5,8,10H,3-4H2,1-2H3,(H,9,12). The molecule has 0 rings (SSSR count). The van der Waals surface area contributed by atoms with Crippen LogP contribution in [0.4, 0.5) is 4.79 Å². The summed E-state index contributed by atoms with van der Waals surface area (Å²) in [5.74, 6) is -0.985. The summed E-state index contributed by atoms with van der Waals surface area (Å²) in [6.45, 7) is 0.669. The molecular weight excluding hydrogens is 256 g/mol. The summed E-state index contributed by atoms with van der Waals surface area (Å²) in [5, 5.41) is 8.76. The highest BCUT2D eigenvalue weighted by molar-refractivity contribution is 7.88. The molecule has 1 amide bonds. The molecule has 10 heteroatoms. The summed E-state index contributed by atoms with van der Waals surface area (Å²) >= 11 is 0. The molecule has 0 aromatic rings. The van der Waals surface area contributed by atoms with Crippen molar-refractivity contribution in [2.75, 3.05) is 20.3 Å². The van der Waals surface area contributed by atoms with Crippen molar-refractivity contribution in [2.24, 2.45) is 0 Å². The van der Waals surface area contributed by atoms with E-state index in [4.69, 9.17) is 5.11 Å². The lowest BCUT2D eigenvalue weighted by atomic mass is 10.3. The summed E-state index contributed by atoms with van der Waals surface area (Å²) < 4.78 is 34.3. The van der Waals surface area contributed by atoms with Crippen molar-refractivity contribution in [1.29, 1.82) is 0 Å². The third-order valence-electron chi connectivity index (χ3n) is 1.46. The topological polar surface area (TPSA) is 131 Å². The van der Waals surface area contributed by atoms with Gasteiger partial charge in [-0.2, -0.15) is 13.1 Å². The number of methoxy groups -OCH3 is 1. The Bertz CT molecular complexity index is 366. The first-order valence-electron chi connectivity index (χ1n) is 4.51. The molecule has 0 saturated heterocycles. The highest BCUT2D eigenvalue weighted by Crippen LogP contribution is 1.91. The highest BCUT2D eigenvalue weighted by Gasteiger charge is 2.25. The second-order valence-electron chi connectivity index (χ2n) is 2.70. The van der Waals surface area contributed by atoms with Crippen LogP contribution in [0.5, 0.6) is 0 Å². The average Bonchev–Trinajstić information content (AvgIpc) is 2.24. The molecule has 0 heterocycles. The van der Waals surface area contributed by atoms with E-state index in [2.05, 4.69) is 9.47 Å². The minimum absolute atomic E-state index is 0.0121. The van der Waals surface area contributed by atoms with Gasteiger partial charge in [-0.1, -0.05) is 0 Å². The fourth-order valence-corrected chi connectivity index (χ4v) is 1.67. The molecule has 0 bridgehead atoms. The summed E-state index contributed by atoms with van der Waals surface area (Å²) in [6.07, 6.45) is -1.19. The van der Waals surface area contributed by atoms with E-state index in [1.54, 1.807) is 4.72 Å². The van der Waals surface area contributed by atoms with Gasteiger partial charge in [-0.15, -0.1) is 0 Å².